The normalized spacial score (nSPS) is 25.3. The van der Waals surface area contributed by atoms with Crippen LogP contribution in [0.2, 0.25) is 0 Å². The molecule has 3 rings (SSSR count). The van der Waals surface area contributed by atoms with Crippen LogP contribution >= 0.6 is 0 Å². The Morgan fingerprint density at radius 1 is 1.20 bits per heavy atom. The molecule has 6 heteroatoms. The van der Waals surface area contributed by atoms with E-state index in [0.29, 0.717) is 37.1 Å². The largest absolute Gasteiger partial charge is 0.453 e. The molecule has 2 fully saturated rings. The molecule has 2 aliphatic heterocycles. The molecule has 2 aliphatic rings. The number of methoxy groups -OCH3 is 1. The smallest absolute Gasteiger partial charge is 0.289 e. The third kappa shape index (κ3) is 4.63. The zero-order chi connectivity index (χ0) is 17.6. The van der Waals surface area contributed by atoms with Crippen LogP contribution in [0.5, 0.6) is 0 Å². The van der Waals surface area contributed by atoms with Gasteiger partial charge in [-0.15, -0.1) is 0 Å². The van der Waals surface area contributed by atoms with E-state index in [1.165, 1.54) is 25.7 Å². The summed E-state index contributed by atoms with van der Waals surface area (Å²) in [7, 11) is 1.60. The summed E-state index contributed by atoms with van der Waals surface area (Å²) in [5.74, 6) is 1.42. The predicted molar refractivity (Wildman–Crippen MR) is 94.3 cm³/mol. The second-order valence-corrected chi connectivity index (χ2v) is 7.33. The Hall–Kier alpha value is -1.37. The molecule has 0 aliphatic carbocycles. The van der Waals surface area contributed by atoms with Crippen molar-refractivity contribution in [3.63, 3.8) is 0 Å². The molecule has 0 radical (unpaired) electrons. The molecule has 0 aromatic carbocycles. The maximum atomic E-state index is 12.7. The number of aliphatic hydroxyl groups excluding tert-OH is 1. The average Bonchev–Trinajstić information content (AvgIpc) is 3.16. The molecular weight excluding hydrogens is 320 g/mol. The Bertz CT molecular complexity index is 551. The Balaban J connectivity index is 1.60. The topological polar surface area (TPSA) is 66.2 Å². The second-order valence-electron chi connectivity index (χ2n) is 7.33. The first-order valence-electron chi connectivity index (χ1n) is 9.41. The van der Waals surface area contributed by atoms with Crippen molar-refractivity contribution >= 4 is 5.91 Å². The molecule has 2 unspecified atom stereocenters. The monoisotopic (exact) mass is 350 g/mol. The summed E-state index contributed by atoms with van der Waals surface area (Å²) in [5.41, 5.74) is 0. The minimum atomic E-state index is -0.0841. The van der Waals surface area contributed by atoms with E-state index in [-0.39, 0.29) is 18.4 Å². The van der Waals surface area contributed by atoms with Gasteiger partial charge in [0.2, 0.25) is 0 Å². The fourth-order valence-electron chi connectivity index (χ4n) is 4.04. The Morgan fingerprint density at radius 2 is 1.92 bits per heavy atom. The van der Waals surface area contributed by atoms with Gasteiger partial charge >= 0.3 is 0 Å². The summed E-state index contributed by atoms with van der Waals surface area (Å²) in [5, 5.41) is 9.77. The number of aliphatic hydroxyl groups is 1. The lowest BCUT2D eigenvalue weighted by Crippen LogP contribution is -2.35. The molecule has 0 spiro atoms. The molecule has 1 N–H and O–H groups in total. The summed E-state index contributed by atoms with van der Waals surface area (Å²) in [4.78, 5) is 17.1. The third-order valence-electron chi connectivity index (χ3n) is 5.45. The quantitative estimate of drug-likeness (QED) is 0.850. The number of hydrogen-bond acceptors (Lipinski definition) is 5. The summed E-state index contributed by atoms with van der Waals surface area (Å²) in [6.07, 6.45) is 5.15. The number of likely N-dealkylation sites (tertiary alicyclic amines) is 2. The van der Waals surface area contributed by atoms with Crippen molar-refractivity contribution in [1.82, 2.24) is 9.80 Å². The lowest BCUT2D eigenvalue weighted by atomic mass is 9.96. The van der Waals surface area contributed by atoms with E-state index in [9.17, 15) is 9.90 Å². The zero-order valence-electron chi connectivity index (χ0n) is 15.2. The molecule has 1 aromatic rings. The summed E-state index contributed by atoms with van der Waals surface area (Å²) < 4.78 is 10.6. The van der Waals surface area contributed by atoms with Crippen LogP contribution in [0.3, 0.4) is 0 Å². The molecule has 2 saturated heterocycles. The number of carbonyl (C=O) groups is 1. The maximum Gasteiger partial charge on any atom is 0.289 e. The SMILES string of the molecule is COCc1ccc(C(=O)N2CC(CO)C(CN3CCCCCC3)C2)o1. The zero-order valence-corrected chi connectivity index (χ0v) is 15.2. The van der Waals surface area contributed by atoms with E-state index in [1.807, 2.05) is 4.90 Å². The van der Waals surface area contributed by atoms with Crippen molar-refractivity contribution < 1.29 is 19.1 Å². The standard InChI is InChI=1S/C19H30N2O4/c1-24-14-17-6-7-18(25-17)19(23)21-11-15(16(12-21)13-22)10-20-8-4-2-3-5-9-20/h6-7,15-16,22H,2-5,8-14H2,1H3. The lowest BCUT2D eigenvalue weighted by Gasteiger charge is -2.26. The van der Waals surface area contributed by atoms with Gasteiger partial charge in [-0.2, -0.15) is 0 Å². The van der Waals surface area contributed by atoms with Crippen LogP contribution in [0.15, 0.2) is 16.5 Å². The first kappa shape index (κ1) is 18.4. The molecule has 140 valence electrons. The molecule has 1 aromatic heterocycles. The third-order valence-corrected chi connectivity index (χ3v) is 5.45. The van der Waals surface area contributed by atoms with Crippen molar-refractivity contribution in [2.45, 2.75) is 32.3 Å². The number of furan rings is 1. The van der Waals surface area contributed by atoms with Gasteiger partial charge in [-0.1, -0.05) is 12.8 Å². The van der Waals surface area contributed by atoms with Crippen molar-refractivity contribution in [1.29, 1.82) is 0 Å². The molecule has 6 nitrogen and oxygen atoms in total. The fraction of sp³-hybridized carbons (Fsp3) is 0.737. The van der Waals surface area contributed by atoms with Crippen molar-refractivity contribution in [2.24, 2.45) is 11.8 Å². The van der Waals surface area contributed by atoms with Crippen LogP contribution in [0, 0.1) is 11.8 Å². The predicted octanol–water partition coefficient (Wildman–Crippen LogP) is 1.98. The van der Waals surface area contributed by atoms with Gasteiger partial charge in [-0.25, -0.2) is 0 Å². The van der Waals surface area contributed by atoms with E-state index < -0.39 is 0 Å². The van der Waals surface area contributed by atoms with E-state index >= 15 is 0 Å². The highest BCUT2D eigenvalue weighted by Gasteiger charge is 2.36. The van der Waals surface area contributed by atoms with Gasteiger partial charge in [0, 0.05) is 39.3 Å². The van der Waals surface area contributed by atoms with Crippen molar-refractivity contribution in [3.8, 4) is 0 Å². The molecule has 0 bridgehead atoms. The molecule has 3 heterocycles. The minimum absolute atomic E-state index is 0.0841. The number of carbonyl (C=O) groups excluding carboxylic acids is 1. The van der Waals surface area contributed by atoms with Crippen LogP contribution in [0.4, 0.5) is 0 Å². The molecular formula is C19H30N2O4. The number of amides is 1. The molecule has 1 amide bonds. The number of rotatable bonds is 6. The summed E-state index contributed by atoms with van der Waals surface area (Å²) in [6.45, 7) is 5.05. The molecule has 2 atom stereocenters. The Labute approximate surface area is 149 Å². The summed E-state index contributed by atoms with van der Waals surface area (Å²) in [6, 6.07) is 3.50. The number of nitrogens with zero attached hydrogens (tertiary/aromatic N) is 2. The number of hydrogen-bond donors (Lipinski definition) is 1. The van der Waals surface area contributed by atoms with E-state index in [4.69, 9.17) is 9.15 Å². The van der Waals surface area contributed by atoms with Gasteiger partial charge in [0.15, 0.2) is 5.76 Å². The van der Waals surface area contributed by atoms with E-state index in [2.05, 4.69) is 4.90 Å². The van der Waals surface area contributed by atoms with E-state index in [1.54, 1.807) is 19.2 Å². The van der Waals surface area contributed by atoms with Crippen molar-refractivity contribution in [3.05, 3.63) is 23.7 Å². The van der Waals surface area contributed by atoms with Gasteiger partial charge in [0.25, 0.3) is 5.91 Å². The lowest BCUT2D eigenvalue weighted by molar-refractivity contribution is 0.0739. The number of ether oxygens (including phenoxy) is 1. The van der Waals surface area contributed by atoms with Gasteiger partial charge in [-0.05, 0) is 44.0 Å². The fourth-order valence-corrected chi connectivity index (χ4v) is 4.04. The second kappa shape index (κ2) is 8.83. The average molecular weight is 350 g/mol. The van der Waals surface area contributed by atoms with Gasteiger partial charge in [-0.3, -0.25) is 4.79 Å². The Morgan fingerprint density at radius 3 is 2.60 bits per heavy atom. The van der Waals surface area contributed by atoms with Gasteiger partial charge in [0.1, 0.15) is 12.4 Å². The Kier molecular flexibility index (Phi) is 6.51. The molecule has 25 heavy (non-hydrogen) atoms. The van der Waals surface area contributed by atoms with Crippen LogP contribution < -0.4 is 0 Å². The first-order valence-corrected chi connectivity index (χ1v) is 9.41. The van der Waals surface area contributed by atoms with Crippen LogP contribution in [-0.4, -0.2) is 67.3 Å². The highest BCUT2D eigenvalue weighted by Crippen LogP contribution is 2.27. The van der Waals surface area contributed by atoms with E-state index in [0.717, 1.165) is 19.6 Å². The first-order chi connectivity index (χ1) is 12.2. The van der Waals surface area contributed by atoms with Gasteiger partial charge in [0.05, 0.1) is 0 Å². The maximum absolute atomic E-state index is 12.7. The van der Waals surface area contributed by atoms with Crippen molar-refractivity contribution in [2.75, 3.05) is 46.4 Å². The molecule has 0 saturated carbocycles. The highest BCUT2D eigenvalue weighted by molar-refractivity contribution is 5.91. The summed E-state index contributed by atoms with van der Waals surface area (Å²) >= 11 is 0. The highest BCUT2D eigenvalue weighted by atomic mass is 16.5. The van der Waals surface area contributed by atoms with Crippen LogP contribution in [0.1, 0.15) is 42.0 Å². The van der Waals surface area contributed by atoms with Crippen LogP contribution in [-0.2, 0) is 11.3 Å². The van der Waals surface area contributed by atoms with Gasteiger partial charge < -0.3 is 24.1 Å². The van der Waals surface area contributed by atoms with Crippen LogP contribution in [0.25, 0.3) is 0 Å². The minimum Gasteiger partial charge on any atom is -0.453 e.